The number of thiol groups is 1. The summed E-state index contributed by atoms with van der Waals surface area (Å²) in [4.78, 5) is 9.15. The maximum atomic E-state index is 12.8. The van der Waals surface area contributed by atoms with Gasteiger partial charge in [0, 0.05) is 23.0 Å². The van der Waals surface area contributed by atoms with Crippen LogP contribution in [-0.4, -0.2) is 16.2 Å². The molecule has 2 aromatic carbocycles. The molecule has 4 rings (SSSR count). The van der Waals surface area contributed by atoms with Crippen LogP contribution in [0.3, 0.4) is 0 Å². The van der Waals surface area contributed by atoms with Gasteiger partial charge in [-0.1, -0.05) is 26.0 Å². The summed E-state index contributed by atoms with van der Waals surface area (Å²) in [5.41, 5.74) is 2.11. The molecule has 0 bridgehead atoms. The fourth-order valence-electron chi connectivity index (χ4n) is 3.43. The van der Waals surface area contributed by atoms with Crippen molar-refractivity contribution in [2.24, 2.45) is 0 Å². The molecule has 0 saturated carbocycles. The summed E-state index contributed by atoms with van der Waals surface area (Å²) in [5.74, 6) is 0.507. The SMILES string of the molecule is CSc1ccnc(-c2[c-]c(C)cc(C(F)(F)F)c2)c1.Cc1cc(-c2cc(CS)ccn2)[c-]c(C(F)(F)F)c1.[Pt+2]. The third kappa shape index (κ3) is 9.40. The van der Waals surface area contributed by atoms with Crippen LogP contribution in [0, 0.1) is 26.0 Å². The molecular formula is C28H22F6N2PtS2. The van der Waals surface area contributed by atoms with Gasteiger partial charge in [0.1, 0.15) is 0 Å². The van der Waals surface area contributed by atoms with Crippen molar-refractivity contribution in [2.75, 3.05) is 6.26 Å². The van der Waals surface area contributed by atoms with Crippen molar-refractivity contribution in [1.82, 2.24) is 9.97 Å². The maximum Gasteiger partial charge on any atom is 2.00 e. The monoisotopic (exact) mass is 759 g/mol. The predicted molar refractivity (Wildman–Crippen MR) is 141 cm³/mol. The maximum absolute atomic E-state index is 12.8. The second-order valence-electron chi connectivity index (χ2n) is 8.23. The van der Waals surface area contributed by atoms with Gasteiger partial charge in [-0.3, -0.25) is 0 Å². The minimum absolute atomic E-state index is 0. The van der Waals surface area contributed by atoms with Gasteiger partial charge in [0.25, 0.3) is 0 Å². The summed E-state index contributed by atoms with van der Waals surface area (Å²) in [7, 11) is 0. The van der Waals surface area contributed by atoms with E-state index in [9.17, 15) is 26.3 Å². The van der Waals surface area contributed by atoms with Crippen LogP contribution < -0.4 is 0 Å². The summed E-state index contributed by atoms with van der Waals surface area (Å²) in [6, 6.07) is 17.2. The Morgan fingerprint density at radius 1 is 0.795 bits per heavy atom. The van der Waals surface area contributed by atoms with E-state index in [2.05, 4.69) is 34.7 Å². The Morgan fingerprint density at radius 3 is 2.00 bits per heavy atom. The topological polar surface area (TPSA) is 25.8 Å². The Morgan fingerprint density at radius 2 is 1.41 bits per heavy atom. The smallest absolute Gasteiger partial charge is 0.305 e. The molecule has 0 unspecified atom stereocenters. The quantitative estimate of drug-likeness (QED) is 0.0975. The van der Waals surface area contributed by atoms with E-state index in [4.69, 9.17) is 0 Å². The number of alkyl halides is 6. The van der Waals surface area contributed by atoms with Crippen molar-refractivity contribution in [1.29, 1.82) is 0 Å². The third-order valence-electron chi connectivity index (χ3n) is 5.18. The number of aromatic nitrogens is 2. The van der Waals surface area contributed by atoms with Gasteiger partial charge >= 0.3 is 33.4 Å². The summed E-state index contributed by atoms with van der Waals surface area (Å²) in [5, 5.41) is 0. The molecule has 0 aliphatic carbocycles. The number of benzene rings is 2. The van der Waals surface area contributed by atoms with Crippen molar-refractivity contribution < 1.29 is 47.4 Å². The summed E-state index contributed by atoms with van der Waals surface area (Å²) < 4.78 is 76.5. The number of halogens is 6. The molecule has 0 fully saturated rings. The number of aryl methyl sites for hydroxylation is 2. The number of pyridine rings is 2. The van der Waals surface area contributed by atoms with Gasteiger partial charge in [0.2, 0.25) is 0 Å². The molecule has 2 heterocycles. The molecule has 0 spiro atoms. The predicted octanol–water partition coefficient (Wildman–Crippen LogP) is 8.90. The van der Waals surface area contributed by atoms with Crippen molar-refractivity contribution in [3.8, 4) is 22.5 Å². The Hall–Kier alpha value is -2.29. The normalized spacial score (nSPS) is 11.3. The van der Waals surface area contributed by atoms with Gasteiger partial charge in [0.15, 0.2) is 0 Å². The third-order valence-corrected chi connectivity index (χ3v) is 6.27. The van der Waals surface area contributed by atoms with Crippen LogP contribution in [0.25, 0.3) is 22.5 Å². The Balaban J connectivity index is 0.000000267. The van der Waals surface area contributed by atoms with Gasteiger partial charge in [-0.25, -0.2) is 0 Å². The second kappa shape index (κ2) is 13.9. The molecule has 0 N–H and O–H groups in total. The Kier molecular flexibility index (Phi) is 11.7. The first-order valence-electron chi connectivity index (χ1n) is 11.1. The second-order valence-corrected chi connectivity index (χ2v) is 9.43. The van der Waals surface area contributed by atoms with Crippen molar-refractivity contribution in [3.63, 3.8) is 0 Å². The standard InChI is InChI=1S/2C14H11F3NS.Pt/c1-9-5-10(7-11(6-9)14(15,16)17)13-8-12(19-2)3-4-18-13;1-9-4-11(7-12(5-9)14(15,16)17)13-6-10(8-19)2-3-18-13;/h3-4,6-8H,1-2H3;2-6,19H,8H2,1H3;/q2*-1;+2. The zero-order chi connectivity index (χ0) is 28.1. The molecule has 0 radical (unpaired) electrons. The van der Waals surface area contributed by atoms with Crippen molar-refractivity contribution in [2.45, 2.75) is 36.8 Å². The fraction of sp³-hybridized carbons (Fsp3) is 0.214. The van der Waals surface area contributed by atoms with Crippen LogP contribution in [0.15, 0.2) is 65.8 Å². The largest absolute Gasteiger partial charge is 2.00 e. The van der Waals surface area contributed by atoms with E-state index in [1.807, 2.05) is 12.3 Å². The fourth-order valence-corrected chi connectivity index (χ4v) is 4.05. The van der Waals surface area contributed by atoms with E-state index in [1.54, 1.807) is 50.5 Å². The zero-order valence-electron chi connectivity index (χ0n) is 20.8. The van der Waals surface area contributed by atoms with Crippen molar-refractivity contribution >= 4 is 24.4 Å². The van der Waals surface area contributed by atoms with E-state index in [0.717, 1.165) is 28.7 Å². The first kappa shape index (κ1) is 32.9. The number of rotatable bonds is 4. The zero-order valence-corrected chi connectivity index (χ0v) is 24.8. The first-order chi connectivity index (χ1) is 17.8. The van der Waals surface area contributed by atoms with Gasteiger partial charge < -0.3 is 9.97 Å². The molecule has 2 aromatic heterocycles. The van der Waals surface area contributed by atoms with E-state index in [-0.39, 0.29) is 21.1 Å². The minimum Gasteiger partial charge on any atom is -0.305 e. The summed E-state index contributed by atoms with van der Waals surface area (Å²) >= 11 is 5.65. The average Bonchev–Trinajstić information content (AvgIpc) is 2.87. The molecule has 0 atom stereocenters. The van der Waals surface area contributed by atoms with E-state index in [1.165, 1.54) is 11.8 Å². The molecule has 0 aliphatic heterocycles. The molecule has 4 aromatic rings. The molecule has 0 aliphatic rings. The molecule has 11 heteroatoms. The Labute approximate surface area is 247 Å². The number of thioether (sulfide) groups is 1. The van der Waals surface area contributed by atoms with Crippen LogP contribution in [0.4, 0.5) is 26.3 Å². The van der Waals surface area contributed by atoms with Crippen molar-refractivity contribution in [3.05, 3.63) is 101 Å². The van der Waals surface area contributed by atoms with Gasteiger partial charge in [0.05, 0.1) is 0 Å². The number of hydrogen-bond donors (Lipinski definition) is 1. The number of nitrogens with zero attached hydrogens (tertiary/aromatic N) is 2. The minimum atomic E-state index is -4.40. The van der Waals surface area contributed by atoms with Crippen LogP contribution in [0.1, 0.15) is 27.8 Å². The van der Waals surface area contributed by atoms with Crippen LogP contribution in [-0.2, 0) is 39.2 Å². The van der Waals surface area contributed by atoms with Crippen LogP contribution in [0.2, 0.25) is 0 Å². The molecular weight excluding hydrogens is 738 g/mol. The van der Waals surface area contributed by atoms with E-state index >= 15 is 0 Å². The number of hydrogen-bond acceptors (Lipinski definition) is 4. The van der Waals surface area contributed by atoms with E-state index < -0.39 is 23.5 Å². The Bertz CT molecular complexity index is 1300. The summed E-state index contributed by atoms with van der Waals surface area (Å²) in [6.07, 6.45) is -3.71. The van der Waals surface area contributed by atoms with Gasteiger partial charge in [-0.05, 0) is 46.5 Å². The van der Waals surface area contributed by atoms with Gasteiger partial charge in [-0.2, -0.15) is 39.0 Å². The summed E-state index contributed by atoms with van der Waals surface area (Å²) in [6.45, 7) is 3.21. The molecule has 39 heavy (non-hydrogen) atoms. The van der Waals surface area contributed by atoms with Crippen LogP contribution >= 0.6 is 24.4 Å². The van der Waals surface area contributed by atoms with Gasteiger partial charge in [-0.15, -0.1) is 70.4 Å². The molecule has 0 amide bonds. The molecule has 208 valence electrons. The molecule has 0 saturated heterocycles. The van der Waals surface area contributed by atoms with E-state index in [0.29, 0.717) is 39.4 Å². The van der Waals surface area contributed by atoms with Crippen LogP contribution in [0.5, 0.6) is 0 Å². The molecule has 2 nitrogen and oxygen atoms in total. The first-order valence-corrected chi connectivity index (χ1v) is 12.9. The average molecular weight is 760 g/mol.